The molecule has 4 nitrogen and oxygen atoms in total. The summed E-state index contributed by atoms with van der Waals surface area (Å²) in [5.74, 6) is 0.999. The van der Waals surface area contributed by atoms with E-state index in [2.05, 4.69) is 6.92 Å². The van der Waals surface area contributed by atoms with Crippen molar-refractivity contribution in [1.82, 2.24) is 0 Å². The second-order valence-corrected chi connectivity index (χ2v) is 4.32. The standard InChI is InChI=1S/C10H14N2O2S/c1-2-3-6-15-10-5-4-8(12(13)14)7-9(10)11/h4-5,7H,2-3,6,11H2,1H3. The minimum absolute atomic E-state index is 0.0485. The Labute approximate surface area is 93.0 Å². The van der Waals surface area contributed by atoms with Crippen molar-refractivity contribution in [1.29, 1.82) is 0 Å². The first-order valence-corrected chi connectivity index (χ1v) is 5.80. The molecule has 2 N–H and O–H groups in total. The molecule has 1 aromatic carbocycles. The SMILES string of the molecule is CCCCSc1ccc([N+](=O)[O-])cc1N. The fourth-order valence-electron chi connectivity index (χ4n) is 1.11. The van der Waals surface area contributed by atoms with Crippen molar-refractivity contribution in [3.63, 3.8) is 0 Å². The predicted molar refractivity (Wildman–Crippen MR) is 63.1 cm³/mol. The lowest BCUT2D eigenvalue weighted by Gasteiger charge is -2.04. The molecule has 15 heavy (non-hydrogen) atoms. The number of rotatable bonds is 5. The molecule has 0 aliphatic carbocycles. The Bertz CT molecular complexity index is 355. The fraction of sp³-hybridized carbons (Fsp3) is 0.400. The van der Waals surface area contributed by atoms with Crippen molar-refractivity contribution in [2.75, 3.05) is 11.5 Å². The molecule has 0 aliphatic heterocycles. The highest BCUT2D eigenvalue weighted by atomic mass is 32.2. The number of benzene rings is 1. The largest absolute Gasteiger partial charge is 0.398 e. The van der Waals surface area contributed by atoms with Gasteiger partial charge in [-0.3, -0.25) is 10.1 Å². The maximum absolute atomic E-state index is 10.5. The molecule has 0 amide bonds. The topological polar surface area (TPSA) is 69.2 Å². The van der Waals surface area contributed by atoms with E-state index in [1.165, 1.54) is 12.1 Å². The summed E-state index contributed by atoms with van der Waals surface area (Å²) >= 11 is 1.64. The molecule has 0 bridgehead atoms. The van der Waals surface area contributed by atoms with Gasteiger partial charge in [0.25, 0.3) is 5.69 Å². The number of hydrogen-bond donors (Lipinski definition) is 1. The highest BCUT2D eigenvalue weighted by molar-refractivity contribution is 7.99. The van der Waals surface area contributed by atoms with E-state index in [9.17, 15) is 10.1 Å². The molecule has 0 radical (unpaired) electrons. The zero-order valence-corrected chi connectivity index (χ0v) is 9.42. The summed E-state index contributed by atoms with van der Waals surface area (Å²) in [7, 11) is 0. The summed E-state index contributed by atoms with van der Waals surface area (Å²) in [6, 6.07) is 4.62. The third-order valence-electron chi connectivity index (χ3n) is 1.96. The molecule has 0 spiro atoms. The summed E-state index contributed by atoms with van der Waals surface area (Å²) in [6.07, 6.45) is 2.26. The summed E-state index contributed by atoms with van der Waals surface area (Å²) in [5, 5.41) is 10.5. The van der Waals surface area contributed by atoms with Gasteiger partial charge in [-0.2, -0.15) is 0 Å². The summed E-state index contributed by atoms with van der Waals surface area (Å²) < 4.78 is 0. The van der Waals surface area contributed by atoms with Gasteiger partial charge < -0.3 is 5.73 Å². The van der Waals surface area contributed by atoms with Gasteiger partial charge >= 0.3 is 0 Å². The van der Waals surface area contributed by atoms with Crippen molar-refractivity contribution in [2.24, 2.45) is 0 Å². The molecule has 0 heterocycles. The quantitative estimate of drug-likeness (QED) is 0.275. The highest BCUT2D eigenvalue weighted by Gasteiger charge is 2.08. The lowest BCUT2D eigenvalue weighted by Crippen LogP contribution is -1.93. The molecule has 0 saturated heterocycles. The molecule has 0 aliphatic rings. The normalized spacial score (nSPS) is 10.2. The molecule has 82 valence electrons. The fourth-order valence-corrected chi connectivity index (χ4v) is 2.15. The Kier molecular flexibility index (Phi) is 4.42. The number of hydrogen-bond acceptors (Lipinski definition) is 4. The molecular weight excluding hydrogens is 212 g/mol. The van der Waals surface area contributed by atoms with Crippen molar-refractivity contribution in [3.05, 3.63) is 28.3 Å². The average Bonchev–Trinajstić information content (AvgIpc) is 2.20. The van der Waals surface area contributed by atoms with Gasteiger partial charge in [0, 0.05) is 17.0 Å². The number of nitrogens with two attached hydrogens (primary N) is 1. The second-order valence-electron chi connectivity index (χ2n) is 3.18. The van der Waals surface area contributed by atoms with Crippen molar-refractivity contribution < 1.29 is 4.92 Å². The Morgan fingerprint density at radius 1 is 1.53 bits per heavy atom. The van der Waals surface area contributed by atoms with Crippen LogP contribution in [0.5, 0.6) is 0 Å². The van der Waals surface area contributed by atoms with Crippen LogP contribution in [0.15, 0.2) is 23.1 Å². The third-order valence-corrected chi connectivity index (χ3v) is 3.14. The van der Waals surface area contributed by atoms with E-state index in [4.69, 9.17) is 5.73 Å². The molecule has 5 heteroatoms. The van der Waals surface area contributed by atoms with Gasteiger partial charge in [-0.25, -0.2) is 0 Å². The van der Waals surface area contributed by atoms with E-state index < -0.39 is 4.92 Å². The zero-order chi connectivity index (χ0) is 11.3. The number of nitro groups is 1. The zero-order valence-electron chi connectivity index (χ0n) is 8.60. The number of unbranched alkanes of at least 4 members (excludes halogenated alkanes) is 1. The predicted octanol–water partition coefficient (Wildman–Crippen LogP) is 3.07. The van der Waals surface area contributed by atoms with Gasteiger partial charge in [0.1, 0.15) is 0 Å². The van der Waals surface area contributed by atoms with Crippen LogP contribution in [-0.4, -0.2) is 10.7 Å². The first-order valence-electron chi connectivity index (χ1n) is 4.82. The van der Waals surface area contributed by atoms with E-state index in [0.717, 1.165) is 23.5 Å². The Hall–Kier alpha value is -1.23. The second kappa shape index (κ2) is 5.60. The first kappa shape index (κ1) is 11.8. The molecule has 1 aromatic rings. The van der Waals surface area contributed by atoms with Gasteiger partial charge in [-0.1, -0.05) is 13.3 Å². The van der Waals surface area contributed by atoms with Crippen molar-refractivity contribution in [3.8, 4) is 0 Å². The van der Waals surface area contributed by atoms with Gasteiger partial charge in [-0.05, 0) is 18.2 Å². The Morgan fingerprint density at radius 3 is 2.80 bits per heavy atom. The summed E-state index contributed by atoms with van der Waals surface area (Å²) in [6.45, 7) is 2.12. The number of nitrogen functional groups attached to an aromatic ring is 1. The van der Waals surface area contributed by atoms with Crippen molar-refractivity contribution in [2.45, 2.75) is 24.7 Å². The van der Waals surface area contributed by atoms with E-state index in [1.54, 1.807) is 17.8 Å². The molecule has 0 unspecified atom stereocenters. The van der Waals surface area contributed by atoms with E-state index in [0.29, 0.717) is 5.69 Å². The molecule has 0 fully saturated rings. The maximum atomic E-state index is 10.5. The van der Waals surface area contributed by atoms with Crippen LogP contribution in [0.25, 0.3) is 0 Å². The lowest BCUT2D eigenvalue weighted by atomic mass is 10.3. The van der Waals surface area contributed by atoms with Gasteiger partial charge in [0.2, 0.25) is 0 Å². The van der Waals surface area contributed by atoms with Gasteiger partial charge in [-0.15, -0.1) is 11.8 Å². The summed E-state index contributed by atoms with van der Waals surface area (Å²) in [4.78, 5) is 11.0. The van der Waals surface area contributed by atoms with Gasteiger partial charge in [0.15, 0.2) is 0 Å². The van der Waals surface area contributed by atoms with E-state index in [1.807, 2.05) is 0 Å². The maximum Gasteiger partial charge on any atom is 0.271 e. The number of nitro benzene ring substituents is 1. The lowest BCUT2D eigenvalue weighted by molar-refractivity contribution is -0.384. The number of non-ortho nitro benzene ring substituents is 1. The van der Waals surface area contributed by atoms with Crippen LogP contribution in [0.1, 0.15) is 19.8 Å². The van der Waals surface area contributed by atoms with E-state index >= 15 is 0 Å². The summed E-state index contributed by atoms with van der Waals surface area (Å²) in [5.41, 5.74) is 6.26. The van der Waals surface area contributed by atoms with Crippen LogP contribution in [-0.2, 0) is 0 Å². The minimum atomic E-state index is -0.434. The molecule has 1 rings (SSSR count). The average molecular weight is 226 g/mol. The molecular formula is C10H14N2O2S. The van der Waals surface area contributed by atoms with Crippen LogP contribution in [0, 0.1) is 10.1 Å². The van der Waals surface area contributed by atoms with Gasteiger partial charge in [0.05, 0.1) is 10.6 Å². The number of thioether (sulfide) groups is 1. The molecule has 0 saturated carbocycles. The Morgan fingerprint density at radius 2 is 2.27 bits per heavy atom. The smallest absolute Gasteiger partial charge is 0.271 e. The molecule has 0 atom stereocenters. The van der Waals surface area contributed by atoms with E-state index in [-0.39, 0.29) is 5.69 Å². The monoisotopic (exact) mass is 226 g/mol. The van der Waals surface area contributed by atoms with Crippen LogP contribution in [0.3, 0.4) is 0 Å². The first-order chi connectivity index (χ1) is 7.15. The number of nitrogens with zero attached hydrogens (tertiary/aromatic N) is 1. The highest BCUT2D eigenvalue weighted by Crippen LogP contribution is 2.28. The van der Waals surface area contributed by atoms with Crippen LogP contribution < -0.4 is 5.73 Å². The van der Waals surface area contributed by atoms with Crippen molar-refractivity contribution >= 4 is 23.1 Å². The third kappa shape index (κ3) is 3.43. The van der Waals surface area contributed by atoms with Crippen LogP contribution in [0.4, 0.5) is 11.4 Å². The van der Waals surface area contributed by atoms with Crippen LogP contribution >= 0.6 is 11.8 Å². The molecule has 0 aromatic heterocycles. The Balaban J connectivity index is 2.70. The minimum Gasteiger partial charge on any atom is -0.398 e. The van der Waals surface area contributed by atoms with Crippen LogP contribution in [0.2, 0.25) is 0 Å². The number of anilines is 1.